The monoisotopic (exact) mass is 227 g/mol. The van der Waals surface area contributed by atoms with Crippen LogP contribution in [0.4, 0.5) is 0 Å². The normalized spacial score (nSPS) is 10.1. The van der Waals surface area contributed by atoms with Crippen LogP contribution in [0, 0.1) is 0 Å². The van der Waals surface area contributed by atoms with Crippen molar-refractivity contribution in [3.63, 3.8) is 0 Å². The zero-order valence-electron chi connectivity index (χ0n) is 10.7. The van der Waals surface area contributed by atoms with Gasteiger partial charge in [0.05, 0.1) is 0 Å². The summed E-state index contributed by atoms with van der Waals surface area (Å²) in [5.41, 5.74) is 0. The van der Waals surface area contributed by atoms with Crippen molar-refractivity contribution in [3.8, 4) is 0 Å². The molecule has 0 aliphatic carbocycles. The minimum Gasteiger partial charge on any atom is -0.296 e. The van der Waals surface area contributed by atoms with Gasteiger partial charge in [0.15, 0.2) is 0 Å². The molecule has 16 heavy (non-hydrogen) atoms. The molecular formula is C13H25NO2. The summed E-state index contributed by atoms with van der Waals surface area (Å²) < 4.78 is 0. The van der Waals surface area contributed by atoms with E-state index < -0.39 is 0 Å². The van der Waals surface area contributed by atoms with Gasteiger partial charge in [-0.3, -0.25) is 14.9 Å². The molecule has 0 fully saturated rings. The Morgan fingerprint density at radius 1 is 0.750 bits per heavy atom. The smallest absolute Gasteiger partial charge is 0.226 e. The lowest BCUT2D eigenvalue weighted by Crippen LogP contribution is -2.29. The number of carbonyl (C=O) groups is 2. The molecule has 0 spiro atoms. The summed E-state index contributed by atoms with van der Waals surface area (Å²) in [6.45, 7) is 4.23. The van der Waals surface area contributed by atoms with Crippen LogP contribution in [0.25, 0.3) is 0 Å². The quantitative estimate of drug-likeness (QED) is 0.615. The van der Waals surface area contributed by atoms with Crippen molar-refractivity contribution in [3.05, 3.63) is 0 Å². The van der Waals surface area contributed by atoms with Gasteiger partial charge >= 0.3 is 0 Å². The van der Waals surface area contributed by atoms with Gasteiger partial charge in [-0.15, -0.1) is 0 Å². The molecule has 94 valence electrons. The summed E-state index contributed by atoms with van der Waals surface area (Å²) in [6, 6.07) is 0. The fourth-order valence-electron chi connectivity index (χ4n) is 1.53. The highest BCUT2D eigenvalue weighted by molar-refractivity contribution is 5.95. The lowest BCUT2D eigenvalue weighted by atomic mass is 10.1. The second kappa shape index (κ2) is 10.7. The first-order valence-corrected chi connectivity index (χ1v) is 6.53. The van der Waals surface area contributed by atoms with Crippen LogP contribution in [0.1, 0.15) is 71.6 Å². The summed E-state index contributed by atoms with van der Waals surface area (Å²) in [4.78, 5) is 22.6. The molecule has 1 N–H and O–H groups in total. The molecule has 0 aromatic carbocycles. The van der Waals surface area contributed by atoms with Gasteiger partial charge in [0.1, 0.15) is 0 Å². The van der Waals surface area contributed by atoms with Crippen LogP contribution >= 0.6 is 0 Å². The molecule has 2 amide bonds. The maximum absolute atomic E-state index is 11.3. The molecule has 0 aliphatic heterocycles. The van der Waals surface area contributed by atoms with E-state index >= 15 is 0 Å². The van der Waals surface area contributed by atoms with Crippen molar-refractivity contribution in [1.29, 1.82) is 0 Å². The molecule has 0 saturated heterocycles. The van der Waals surface area contributed by atoms with E-state index in [-0.39, 0.29) is 11.8 Å². The molecule has 0 bridgehead atoms. The van der Waals surface area contributed by atoms with Gasteiger partial charge in [0.25, 0.3) is 0 Å². The van der Waals surface area contributed by atoms with Crippen molar-refractivity contribution < 1.29 is 9.59 Å². The summed E-state index contributed by atoms with van der Waals surface area (Å²) in [5.74, 6) is -0.230. The highest BCUT2D eigenvalue weighted by Crippen LogP contribution is 2.02. The minimum absolute atomic E-state index is 0.113. The Bertz CT molecular complexity index is 202. The number of hydrogen-bond acceptors (Lipinski definition) is 2. The predicted octanol–water partition coefficient (Wildman–Crippen LogP) is 3.18. The number of imide groups is 1. The van der Waals surface area contributed by atoms with E-state index in [9.17, 15) is 9.59 Å². The molecular weight excluding hydrogens is 202 g/mol. The summed E-state index contributed by atoms with van der Waals surface area (Å²) in [6.07, 6.45) is 8.29. The van der Waals surface area contributed by atoms with E-state index in [0.29, 0.717) is 12.8 Å². The molecule has 0 unspecified atom stereocenters. The van der Waals surface area contributed by atoms with E-state index in [2.05, 4.69) is 19.2 Å². The molecule has 0 atom stereocenters. The standard InChI is InChI=1S/C13H25NO2/c1-3-5-7-9-11-13(16)14-12(15)10-8-6-4-2/h3-11H2,1-2H3,(H,14,15,16). The van der Waals surface area contributed by atoms with E-state index in [4.69, 9.17) is 0 Å². The van der Waals surface area contributed by atoms with Crippen molar-refractivity contribution in [1.82, 2.24) is 5.32 Å². The number of nitrogens with one attached hydrogen (secondary N) is 1. The Hall–Kier alpha value is -0.860. The second-order valence-electron chi connectivity index (χ2n) is 4.24. The van der Waals surface area contributed by atoms with Gasteiger partial charge in [-0.1, -0.05) is 46.0 Å². The number of hydrogen-bond donors (Lipinski definition) is 1. The molecule has 3 heteroatoms. The largest absolute Gasteiger partial charge is 0.296 e. The Morgan fingerprint density at radius 2 is 1.19 bits per heavy atom. The molecule has 0 heterocycles. The van der Waals surface area contributed by atoms with Gasteiger partial charge < -0.3 is 0 Å². The first kappa shape index (κ1) is 15.1. The second-order valence-corrected chi connectivity index (χ2v) is 4.24. The number of unbranched alkanes of at least 4 members (excludes halogenated alkanes) is 5. The molecule has 3 nitrogen and oxygen atoms in total. The SMILES string of the molecule is CCCCCCC(=O)NC(=O)CCCCC. The lowest BCUT2D eigenvalue weighted by Gasteiger charge is -2.03. The molecule has 0 rings (SSSR count). The molecule has 0 radical (unpaired) electrons. The third kappa shape index (κ3) is 9.69. The van der Waals surface area contributed by atoms with Crippen LogP contribution in [0.3, 0.4) is 0 Å². The van der Waals surface area contributed by atoms with Crippen molar-refractivity contribution in [2.75, 3.05) is 0 Å². The predicted molar refractivity (Wildman–Crippen MR) is 66.1 cm³/mol. The topological polar surface area (TPSA) is 46.2 Å². The number of carbonyl (C=O) groups excluding carboxylic acids is 2. The molecule has 0 saturated carbocycles. The first-order chi connectivity index (χ1) is 7.70. The van der Waals surface area contributed by atoms with Crippen molar-refractivity contribution >= 4 is 11.8 Å². The summed E-state index contributed by atoms with van der Waals surface area (Å²) in [5, 5.41) is 2.44. The summed E-state index contributed by atoms with van der Waals surface area (Å²) >= 11 is 0. The molecule has 0 aromatic rings. The fourth-order valence-corrected chi connectivity index (χ4v) is 1.53. The van der Waals surface area contributed by atoms with E-state index in [1.807, 2.05) is 0 Å². The lowest BCUT2D eigenvalue weighted by molar-refractivity contribution is -0.130. The van der Waals surface area contributed by atoms with Crippen LogP contribution in [0.15, 0.2) is 0 Å². The van der Waals surface area contributed by atoms with Crippen molar-refractivity contribution in [2.24, 2.45) is 0 Å². The Labute approximate surface area is 99.0 Å². The average Bonchev–Trinajstić information content (AvgIpc) is 2.25. The highest BCUT2D eigenvalue weighted by Gasteiger charge is 2.06. The Kier molecular flexibility index (Phi) is 10.1. The van der Waals surface area contributed by atoms with Crippen LogP contribution in [-0.2, 0) is 9.59 Å². The number of rotatable bonds is 9. The first-order valence-electron chi connectivity index (χ1n) is 6.53. The minimum atomic E-state index is -0.117. The maximum Gasteiger partial charge on any atom is 0.226 e. The third-order valence-electron chi connectivity index (χ3n) is 2.54. The van der Waals surface area contributed by atoms with E-state index in [0.717, 1.165) is 44.9 Å². The highest BCUT2D eigenvalue weighted by atomic mass is 16.2. The Balaban J connectivity index is 3.43. The van der Waals surface area contributed by atoms with E-state index in [1.54, 1.807) is 0 Å². The van der Waals surface area contributed by atoms with Crippen LogP contribution < -0.4 is 5.32 Å². The summed E-state index contributed by atoms with van der Waals surface area (Å²) in [7, 11) is 0. The van der Waals surface area contributed by atoms with E-state index in [1.165, 1.54) is 0 Å². The average molecular weight is 227 g/mol. The zero-order chi connectivity index (χ0) is 12.2. The van der Waals surface area contributed by atoms with Gasteiger partial charge in [0, 0.05) is 12.8 Å². The van der Waals surface area contributed by atoms with Gasteiger partial charge in [-0.25, -0.2) is 0 Å². The molecule has 0 aromatic heterocycles. The maximum atomic E-state index is 11.3. The third-order valence-corrected chi connectivity index (χ3v) is 2.54. The van der Waals surface area contributed by atoms with Gasteiger partial charge in [-0.2, -0.15) is 0 Å². The van der Waals surface area contributed by atoms with Gasteiger partial charge in [-0.05, 0) is 12.8 Å². The zero-order valence-corrected chi connectivity index (χ0v) is 10.7. The fraction of sp³-hybridized carbons (Fsp3) is 0.846. The van der Waals surface area contributed by atoms with Crippen LogP contribution in [0.2, 0.25) is 0 Å². The Morgan fingerprint density at radius 3 is 1.69 bits per heavy atom. The van der Waals surface area contributed by atoms with Gasteiger partial charge in [0.2, 0.25) is 11.8 Å². The van der Waals surface area contributed by atoms with Crippen LogP contribution in [0.5, 0.6) is 0 Å². The number of amides is 2. The molecule has 0 aliphatic rings. The van der Waals surface area contributed by atoms with Crippen molar-refractivity contribution in [2.45, 2.75) is 71.6 Å². The van der Waals surface area contributed by atoms with Crippen LogP contribution in [-0.4, -0.2) is 11.8 Å².